The van der Waals surface area contributed by atoms with Crippen LogP contribution in [0.15, 0.2) is 23.1 Å². The topological polar surface area (TPSA) is 63.4 Å². The third-order valence-corrected chi connectivity index (χ3v) is 5.42. The van der Waals surface area contributed by atoms with Crippen molar-refractivity contribution in [2.45, 2.75) is 38.5 Å². The second-order valence-electron chi connectivity index (χ2n) is 4.86. The Bertz CT molecular complexity index is 522. The van der Waals surface area contributed by atoms with Crippen LogP contribution >= 0.6 is 0 Å². The monoisotopic (exact) mass is 302 g/mol. The average molecular weight is 302 g/mol. The molecule has 0 aromatic heterocycles. The first kappa shape index (κ1) is 16.9. The van der Waals surface area contributed by atoms with Crippen molar-refractivity contribution in [2.75, 3.05) is 18.8 Å². The van der Waals surface area contributed by atoms with Crippen molar-refractivity contribution in [2.24, 2.45) is 5.92 Å². The van der Waals surface area contributed by atoms with Gasteiger partial charge in [0.05, 0.1) is 4.90 Å². The van der Waals surface area contributed by atoms with Crippen molar-refractivity contribution >= 4 is 15.7 Å². The van der Waals surface area contributed by atoms with Gasteiger partial charge in [0, 0.05) is 18.8 Å². The standard InChI is InChI=1S/C14H23FN2O2S/c1-4-11(5-2)10-17(6-3)20(18,19)14-8-12(15)7-13(16)9-14/h7-9,11H,4-6,10,16H2,1-3H3. The number of halogens is 1. The number of sulfonamides is 1. The zero-order valence-corrected chi connectivity index (χ0v) is 13.1. The fraction of sp³-hybridized carbons (Fsp3) is 0.571. The molecule has 0 atom stereocenters. The second kappa shape index (κ2) is 7.04. The van der Waals surface area contributed by atoms with E-state index in [0.717, 1.165) is 25.0 Å². The summed E-state index contributed by atoms with van der Waals surface area (Å²) >= 11 is 0. The smallest absolute Gasteiger partial charge is 0.243 e. The third kappa shape index (κ3) is 3.93. The van der Waals surface area contributed by atoms with Crippen molar-refractivity contribution < 1.29 is 12.8 Å². The van der Waals surface area contributed by atoms with E-state index in [-0.39, 0.29) is 10.6 Å². The highest BCUT2D eigenvalue weighted by molar-refractivity contribution is 7.89. The molecule has 0 aliphatic carbocycles. The van der Waals surface area contributed by atoms with E-state index in [1.807, 2.05) is 13.8 Å². The number of nitrogens with zero attached hydrogens (tertiary/aromatic N) is 1. The quantitative estimate of drug-likeness (QED) is 0.788. The Morgan fingerprint density at radius 2 is 1.80 bits per heavy atom. The first-order valence-corrected chi connectivity index (χ1v) is 8.35. The van der Waals surface area contributed by atoms with Crippen molar-refractivity contribution in [3.8, 4) is 0 Å². The van der Waals surface area contributed by atoms with Crippen LogP contribution < -0.4 is 5.73 Å². The number of rotatable bonds is 7. The van der Waals surface area contributed by atoms with Crippen molar-refractivity contribution in [1.29, 1.82) is 0 Å². The van der Waals surface area contributed by atoms with Gasteiger partial charge in [-0.15, -0.1) is 0 Å². The van der Waals surface area contributed by atoms with Gasteiger partial charge in [-0.3, -0.25) is 0 Å². The van der Waals surface area contributed by atoms with Gasteiger partial charge in [0.15, 0.2) is 0 Å². The minimum atomic E-state index is -3.70. The molecule has 0 bridgehead atoms. The van der Waals surface area contributed by atoms with E-state index >= 15 is 0 Å². The molecule has 114 valence electrons. The van der Waals surface area contributed by atoms with Crippen LogP contribution in [0.25, 0.3) is 0 Å². The Balaban J connectivity index is 3.11. The Labute approximate surface area is 120 Å². The number of benzene rings is 1. The maximum absolute atomic E-state index is 13.4. The summed E-state index contributed by atoms with van der Waals surface area (Å²) in [5.41, 5.74) is 5.64. The molecule has 0 unspecified atom stereocenters. The molecule has 20 heavy (non-hydrogen) atoms. The van der Waals surface area contributed by atoms with E-state index in [1.54, 1.807) is 6.92 Å². The minimum absolute atomic E-state index is 0.0807. The summed E-state index contributed by atoms with van der Waals surface area (Å²) in [6.07, 6.45) is 1.82. The molecule has 0 aliphatic rings. The molecular formula is C14H23FN2O2S. The molecule has 0 saturated carbocycles. The molecule has 0 radical (unpaired) electrons. The van der Waals surface area contributed by atoms with Gasteiger partial charge in [-0.25, -0.2) is 12.8 Å². The molecule has 2 N–H and O–H groups in total. The maximum atomic E-state index is 13.4. The first-order chi connectivity index (χ1) is 9.34. The molecule has 0 spiro atoms. The van der Waals surface area contributed by atoms with E-state index in [4.69, 9.17) is 5.73 Å². The normalized spacial score (nSPS) is 12.3. The molecular weight excluding hydrogens is 279 g/mol. The number of nitrogen functional groups attached to an aromatic ring is 1. The van der Waals surface area contributed by atoms with Gasteiger partial charge in [0.25, 0.3) is 0 Å². The summed E-state index contributed by atoms with van der Waals surface area (Å²) in [6, 6.07) is 3.42. The Morgan fingerprint density at radius 3 is 2.25 bits per heavy atom. The van der Waals surface area contributed by atoms with E-state index in [0.29, 0.717) is 19.0 Å². The largest absolute Gasteiger partial charge is 0.399 e. The van der Waals surface area contributed by atoms with E-state index in [2.05, 4.69) is 0 Å². The van der Waals surface area contributed by atoms with Gasteiger partial charge >= 0.3 is 0 Å². The summed E-state index contributed by atoms with van der Waals surface area (Å²) < 4.78 is 39.8. The molecule has 0 heterocycles. The van der Waals surface area contributed by atoms with Crippen LogP contribution in [-0.4, -0.2) is 25.8 Å². The molecule has 1 aromatic carbocycles. The van der Waals surface area contributed by atoms with Crippen LogP contribution in [0, 0.1) is 11.7 Å². The van der Waals surface area contributed by atoms with Gasteiger partial charge in [0.2, 0.25) is 10.0 Å². The Morgan fingerprint density at radius 1 is 1.20 bits per heavy atom. The van der Waals surface area contributed by atoms with Crippen LogP contribution in [0.5, 0.6) is 0 Å². The summed E-state index contributed by atoms with van der Waals surface area (Å²) in [4.78, 5) is -0.0807. The van der Waals surface area contributed by atoms with Gasteiger partial charge in [-0.2, -0.15) is 4.31 Å². The van der Waals surface area contributed by atoms with Gasteiger partial charge in [-0.1, -0.05) is 33.6 Å². The van der Waals surface area contributed by atoms with Gasteiger partial charge in [-0.05, 0) is 24.1 Å². The van der Waals surface area contributed by atoms with Crippen molar-refractivity contribution in [3.05, 3.63) is 24.0 Å². The average Bonchev–Trinajstić information content (AvgIpc) is 2.38. The highest BCUT2D eigenvalue weighted by Gasteiger charge is 2.25. The first-order valence-electron chi connectivity index (χ1n) is 6.91. The SMILES string of the molecule is CCC(CC)CN(CC)S(=O)(=O)c1cc(N)cc(F)c1. The maximum Gasteiger partial charge on any atom is 0.243 e. The molecule has 0 saturated heterocycles. The van der Waals surface area contributed by atoms with E-state index in [9.17, 15) is 12.8 Å². The number of anilines is 1. The summed E-state index contributed by atoms with van der Waals surface area (Å²) in [5.74, 6) is -0.335. The molecule has 0 aliphatic heterocycles. The lowest BCUT2D eigenvalue weighted by Crippen LogP contribution is -2.35. The molecule has 0 fully saturated rings. The lowest BCUT2D eigenvalue weighted by atomic mass is 10.0. The van der Waals surface area contributed by atoms with E-state index in [1.165, 1.54) is 10.4 Å². The summed E-state index contributed by atoms with van der Waals surface area (Å²) in [7, 11) is -3.70. The molecule has 0 amide bonds. The van der Waals surface area contributed by atoms with Crippen LogP contribution in [0.2, 0.25) is 0 Å². The summed E-state index contributed by atoms with van der Waals surface area (Å²) in [5, 5.41) is 0. The number of hydrogen-bond acceptors (Lipinski definition) is 3. The molecule has 6 heteroatoms. The fourth-order valence-electron chi connectivity index (χ4n) is 2.11. The molecule has 1 aromatic rings. The molecule has 1 rings (SSSR count). The van der Waals surface area contributed by atoms with Crippen LogP contribution in [0.4, 0.5) is 10.1 Å². The Hall–Kier alpha value is -1.14. The fourth-order valence-corrected chi connectivity index (χ4v) is 3.71. The second-order valence-corrected chi connectivity index (χ2v) is 6.80. The zero-order valence-electron chi connectivity index (χ0n) is 12.3. The van der Waals surface area contributed by atoms with Crippen molar-refractivity contribution in [3.63, 3.8) is 0 Å². The minimum Gasteiger partial charge on any atom is -0.399 e. The predicted octanol–water partition coefficient (Wildman–Crippen LogP) is 2.85. The number of hydrogen-bond donors (Lipinski definition) is 1. The Kier molecular flexibility index (Phi) is 5.95. The van der Waals surface area contributed by atoms with Gasteiger partial charge < -0.3 is 5.73 Å². The van der Waals surface area contributed by atoms with Crippen molar-refractivity contribution in [1.82, 2.24) is 4.31 Å². The van der Waals surface area contributed by atoms with Gasteiger partial charge in [0.1, 0.15) is 5.82 Å². The predicted molar refractivity (Wildman–Crippen MR) is 79.3 cm³/mol. The summed E-state index contributed by atoms with van der Waals surface area (Å²) in [6.45, 7) is 6.66. The third-order valence-electron chi connectivity index (χ3n) is 3.50. The number of nitrogens with two attached hydrogens (primary N) is 1. The van der Waals surface area contributed by atoms with E-state index < -0.39 is 15.8 Å². The highest BCUT2D eigenvalue weighted by Crippen LogP contribution is 2.22. The lowest BCUT2D eigenvalue weighted by molar-refractivity contribution is 0.339. The molecule has 4 nitrogen and oxygen atoms in total. The highest BCUT2D eigenvalue weighted by atomic mass is 32.2. The lowest BCUT2D eigenvalue weighted by Gasteiger charge is -2.25. The van der Waals surface area contributed by atoms with Crippen LogP contribution in [0.3, 0.4) is 0 Å². The van der Waals surface area contributed by atoms with Crippen LogP contribution in [0.1, 0.15) is 33.6 Å². The van der Waals surface area contributed by atoms with Crippen LogP contribution in [-0.2, 0) is 10.0 Å². The zero-order chi connectivity index (χ0) is 15.3.